The van der Waals surface area contributed by atoms with Crippen molar-refractivity contribution in [2.45, 2.75) is 44.7 Å². The number of hydrogen-bond donors (Lipinski definition) is 1. The number of carboxylic acid groups (broad SMARTS) is 1. The third kappa shape index (κ3) is 7.19. The summed E-state index contributed by atoms with van der Waals surface area (Å²) in [6.45, 7) is 2.60. The normalized spacial score (nSPS) is 19.0. The standard InChI is InChI=1S/C30H37FN2O4/c1-36-24-7-3-5-21(17-24)6-4-15-33-16-13-22(23(20-33)18-30(34)35)8-10-28(31)26-12-14-32-29-11-9-25(37-2)19-27(26)29/h3,5,7,9,11-12,14,17,19,22-23,28H,4,6,8,10,13,15-16,18,20H2,1-2H3,(H,34,35)/t22-,23+,28-/m1/s1. The second-order valence-electron chi connectivity index (χ2n) is 9.99. The van der Waals surface area contributed by atoms with Gasteiger partial charge in [0.15, 0.2) is 0 Å². The molecule has 0 spiro atoms. The van der Waals surface area contributed by atoms with Gasteiger partial charge in [-0.3, -0.25) is 9.78 Å². The maximum absolute atomic E-state index is 15.5. The summed E-state index contributed by atoms with van der Waals surface area (Å²) in [7, 11) is 3.27. The molecular formula is C30H37FN2O4. The van der Waals surface area contributed by atoms with Crippen LogP contribution in [0.25, 0.3) is 10.9 Å². The van der Waals surface area contributed by atoms with E-state index in [0.29, 0.717) is 24.2 Å². The zero-order valence-corrected chi connectivity index (χ0v) is 21.7. The van der Waals surface area contributed by atoms with E-state index in [1.165, 1.54) is 5.56 Å². The summed E-state index contributed by atoms with van der Waals surface area (Å²) in [5.74, 6) is 0.993. The van der Waals surface area contributed by atoms with Gasteiger partial charge in [-0.1, -0.05) is 12.1 Å². The van der Waals surface area contributed by atoms with Crippen LogP contribution in [0.3, 0.4) is 0 Å². The van der Waals surface area contributed by atoms with Crippen LogP contribution in [0, 0.1) is 11.8 Å². The zero-order chi connectivity index (χ0) is 26.2. The minimum absolute atomic E-state index is 0.0320. The molecule has 6 nitrogen and oxygen atoms in total. The summed E-state index contributed by atoms with van der Waals surface area (Å²) in [4.78, 5) is 18.4. The summed E-state index contributed by atoms with van der Waals surface area (Å²) in [5, 5.41) is 10.3. The number of methoxy groups -OCH3 is 2. The van der Waals surface area contributed by atoms with Gasteiger partial charge in [0.25, 0.3) is 0 Å². The molecule has 0 aliphatic carbocycles. The van der Waals surface area contributed by atoms with E-state index in [2.05, 4.69) is 22.0 Å². The number of rotatable bonds is 12. The maximum atomic E-state index is 15.5. The molecule has 3 aromatic rings. The van der Waals surface area contributed by atoms with Crippen LogP contribution < -0.4 is 9.47 Å². The largest absolute Gasteiger partial charge is 0.497 e. The third-order valence-electron chi connectivity index (χ3n) is 7.60. The highest BCUT2D eigenvalue weighted by molar-refractivity contribution is 5.83. The molecule has 0 bridgehead atoms. The van der Waals surface area contributed by atoms with Crippen molar-refractivity contribution in [2.24, 2.45) is 11.8 Å². The van der Waals surface area contributed by atoms with Gasteiger partial charge in [0.1, 0.15) is 17.7 Å². The number of aromatic nitrogens is 1. The number of piperidine rings is 1. The molecule has 0 saturated carbocycles. The first-order valence-electron chi connectivity index (χ1n) is 13.1. The van der Waals surface area contributed by atoms with E-state index in [1.54, 1.807) is 26.5 Å². The molecule has 1 aliphatic heterocycles. The summed E-state index contributed by atoms with van der Waals surface area (Å²) in [6.07, 6.45) is 4.53. The van der Waals surface area contributed by atoms with Crippen molar-refractivity contribution in [1.29, 1.82) is 0 Å². The lowest BCUT2D eigenvalue weighted by atomic mass is 9.79. The average Bonchev–Trinajstić information content (AvgIpc) is 2.91. The monoisotopic (exact) mass is 508 g/mol. The molecule has 37 heavy (non-hydrogen) atoms. The summed E-state index contributed by atoms with van der Waals surface area (Å²) in [5.41, 5.74) is 2.60. The first kappa shape index (κ1) is 26.9. The van der Waals surface area contributed by atoms with Crippen LogP contribution >= 0.6 is 0 Å². The maximum Gasteiger partial charge on any atom is 0.303 e. The van der Waals surface area contributed by atoms with Gasteiger partial charge in [0, 0.05) is 24.5 Å². The molecule has 198 valence electrons. The van der Waals surface area contributed by atoms with Crippen molar-refractivity contribution in [1.82, 2.24) is 9.88 Å². The molecule has 1 N–H and O–H groups in total. The number of carboxylic acids is 1. The molecular weight excluding hydrogens is 471 g/mol. The molecule has 1 aromatic heterocycles. The van der Waals surface area contributed by atoms with E-state index in [9.17, 15) is 9.90 Å². The molecule has 1 saturated heterocycles. The minimum atomic E-state index is -1.14. The molecule has 1 aliphatic rings. The van der Waals surface area contributed by atoms with E-state index in [4.69, 9.17) is 9.47 Å². The molecule has 2 aromatic carbocycles. The fraction of sp³-hybridized carbons (Fsp3) is 0.467. The van der Waals surface area contributed by atoms with Crippen molar-refractivity contribution in [3.05, 3.63) is 65.9 Å². The van der Waals surface area contributed by atoms with E-state index >= 15 is 4.39 Å². The third-order valence-corrected chi connectivity index (χ3v) is 7.60. The van der Waals surface area contributed by atoms with Crippen LogP contribution in [-0.2, 0) is 11.2 Å². The van der Waals surface area contributed by atoms with E-state index in [1.807, 2.05) is 30.3 Å². The zero-order valence-electron chi connectivity index (χ0n) is 21.7. The number of alkyl halides is 1. The lowest BCUT2D eigenvalue weighted by Gasteiger charge is -2.38. The Balaban J connectivity index is 1.34. The number of carbonyl (C=O) groups is 1. The lowest BCUT2D eigenvalue weighted by molar-refractivity contribution is -0.139. The highest BCUT2D eigenvalue weighted by Crippen LogP contribution is 2.36. The Morgan fingerprint density at radius 1 is 1.14 bits per heavy atom. The Bertz CT molecular complexity index is 1190. The van der Waals surface area contributed by atoms with E-state index < -0.39 is 12.1 Å². The molecule has 7 heteroatoms. The Morgan fingerprint density at radius 3 is 2.73 bits per heavy atom. The first-order chi connectivity index (χ1) is 18.0. The Labute approximate surface area is 218 Å². The fourth-order valence-corrected chi connectivity index (χ4v) is 5.59. The Morgan fingerprint density at radius 2 is 1.95 bits per heavy atom. The van der Waals surface area contributed by atoms with E-state index in [0.717, 1.165) is 55.5 Å². The molecule has 4 rings (SSSR count). The quantitative estimate of drug-likeness (QED) is 0.319. The predicted octanol–water partition coefficient (Wildman–Crippen LogP) is 6.09. The van der Waals surface area contributed by atoms with Crippen molar-refractivity contribution < 1.29 is 23.8 Å². The van der Waals surface area contributed by atoms with Gasteiger partial charge in [-0.25, -0.2) is 4.39 Å². The van der Waals surface area contributed by atoms with Crippen LogP contribution in [0.5, 0.6) is 11.5 Å². The fourth-order valence-electron chi connectivity index (χ4n) is 5.59. The molecule has 2 heterocycles. The highest BCUT2D eigenvalue weighted by Gasteiger charge is 2.31. The molecule has 0 radical (unpaired) electrons. The number of fused-ring (bicyclic) bond motifs is 1. The number of likely N-dealkylation sites (tertiary alicyclic amines) is 1. The van der Waals surface area contributed by atoms with Crippen LogP contribution in [-0.4, -0.2) is 54.8 Å². The molecule has 0 unspecified atom stereocenters. The highest BCUT2D eigenvalue weighted by atomic mass is 19.1. The lowest BCUT2D eigenvalue weighted by Crippen LogP contribution is -2.42. The van der Waals surface area contributed by atoms with Crippen LogP contribution in [0.4, 0.5) is 4.39 Å². The second kappa shape index (κ2) is 12.9. The Kier molecular flexibility index (Phi) is 9.34. The van der Waals surface area contributed by atoms with Gasteiger partial charge in [0.2, 0.25) is 0 Å². The van der Waals surface area contributed by atoms with Crippen LogP contribution in [0.1, 0.15) is 49.4 Å². The van der Waals surface area contributed by atoms with Gasteiger partial charge in [-0.15, -0.1) is 0 Å². The number of pyridine rings is 1. The average molecular weight is 509 g/mol. The van der Waals surface area contributed by atoms with Crippen LogP contribution in [0.2, 0.25) is 0 Å². The number of aryl methyl sites for hydroxylation is 1. The number of hydrogen-bond acceptors (Lipinski definition) is 5. The number of aliphatic carboxylic acids is 1. The van der Waals surface area contributed by atoms with Crippen molar-refractivity contribution >= 4 is 16.9 Å². The topological polar surface area (TPSA) is 71.9 Å². The predicted molar refractivity (Wildman–Crippen MR) is 143 cm³/mol. The van der Waals surface area contributed by atoms with Crippen molar-refractivity contribution in [3.63, 3.8) is 0 Å². The number of benzene rings is 2. The van der Waals surface area contributed by atoms with Gasteiger partial charge in [0.05, 0.1) is 19.7 Å². The number of halogens is 1. The summed E-state index contributed by atoms with van der Waals surface area (Å²) >= 11 is 0. The second-order valence-corrected chi connectivity index (χ2v) is 9.99. The SMILES string of the molecule is COc1cccc(CCCN2CC[C@@H](CC[C@@H](F)c3ccnc4ccc(OC)cc34)[C@@H](CC(=O)O)C2)c1. The van der Waals surface area contributed by atoms with Crippen molar-refractivity contribution in [2.75, 3.05) is 33.9 Å². The summed E-state index contributed by atoms with van der Waals surface area (Å²) < 4.78 is 26.1. The molecule has 0 amide bonds. The van der Waals surface area contributed by atoms with Gasteiger partial charge in [-0.2, -0.15) is 0 Å². The minimum Gasteiger partial charge on any atom is -0.497 e. The van der Waals surface area contributed by atoms with Gasteiger partial charge in [-0.05, 0) is 105 Å². The van der Waals surface area contributed by atoms with Crippen LogP contribution in [0.15, 0.2) is 54.7 Å². The Hall–Kier alpha value is -3.19. The van der Waals surface area contributed by atoms with Crippen molar-refractivity contribution in [3.8, 4) is 11.5 Å². The summed E-state index contributed by atoms with van der Waals surface area (Å²) in [6, 6.07) is 15.4. The van der Waals surface area contributed by atoms with Gasteiger partial charge < -0.3 is 19.5 Å². The molecule has 3 atom stereocenters. The van der Waals surface area contributed by atoms with E-state index in [-0.39, 0.29) is 18.3 Å². The number of ether oxygens (including phenoxy) is 2. The smallest absolute Gasteiger partial charge is 0.303 e. The molecule has 1 fully saturated rings. The first-order valence-corrected chi connectivity index (χ1v) is 13.1. The van der Waals surface area contributed by atoms with Gasteiger partial charge >= 0.3 is 5.97 Å². The number of nitrogens with zero attached hydrogens (tertiary/aromatic N) is 2.